The van der Waals surface area contributed by atoms with Crippen molar-refractivity contribution in [3.05, 3.63) is 12.2 Å². The van der Waals surface area contributed by atoms with E-state index in [1.54, 1.807) is 10.9 Å². The molecule has 0 aliphatic heterocycles. The molecular weight excluding hydrogens is 218 g/mol. The molecule has 2 rings (SSSR count). The predicted molar refractivity (Wildman–Crippen MR) is 63.1 cm³/mol. The Balaban J connectivity index is 1.65. The van der Waals surface area contributed by atoms with Crippen LogP contribution in [0.2, 0.25) is 0 Å². The molecule has 1 fully saturated rings. The fraction of sp³-hybridized carbons (Fsp3) is 0.727. The van der Waals surface area contributed by atoms with Gasteiger partial charge in [0.25, 0.3) is 0 Å². The molecule has 0 bridgehead atoms. The van der Waals surface area contributed by atoms with Gasteiger partial charge in [-0.15, -0.1) is 10.2 Å². The van der Waals surface area contributed by atoms with Crippen molar-refractivity contribution in [2.24, 2.45) is 7.05 Å². The van der Waals surface area contributed by atoms with Crippen molar-refractivity contribution in [1.82, 2.24) is 25.4 Å². The lowest BCUT2D eigenvalue weighted by Gasteiger charge is -2.11. The van der Waals surface area contributed by atoms with Crippen molar-refractivity contribution in [3.63, 3.8) is 0 Å². The summed E-state index contributed by atoms with van der Waals surface area (Å²) in [6.07, 6.45) is 6.56. The highest BCUT2D eigenvalue weighted by Crippen LogP contribution is 2.17. The zero-order chi connectivity index (χ0) is 12.1. The zero-order valence-electron chi connectivity index (χ0n) is 10.1. The second-order valence-electron chi connectivity index (χ2n) is 4.50. The number of amides is 1. The molecule has 0 saturated heterocycles. The average Bonchev–Trinajstić information content (AvgIpc) is 2.95. The van der Waals surface area contributed by atoms with Crippen LogP contribution in [0.1, 0.15) is 31.5 Å². The number of nitrogens with one attached hydrogen (secondary N) is 2. The summed E-state index contributed by atoms with van der Waals surface area (Å²) in [5.74, 6) is 0.777. The molecule has 0 aromatic carbocycles. The monoisotopic (exact) mass is 237 g/mol. The highest BCUT2D eigenvalue weighted by Gasteiger charge is 2.15. The van der Waals surface area contributed by atoms with E-state index in [1.807, 2.05) is 7.05 Å². The van der Waals surface area contributed by atoms with E-state index in [4.69, 9.17) is 0 Å². The molecule has 1 heterocycles. The minimum Gasteiger partial charge on any atom is -0.348 e. The Hall–Kier alpha value is -1.43. The van der Waals surface area contributed by atoms with Crippen molar-refractivity contribution < 1.29 is 4.79 Å². The number of aromatic nitrogens is 3. The average molecular weight is 237 g/mol. The van der Waals surface area contributed by atoms with Crippen molar-refractivity contribution >= 4 is 5.91 Å². The molecule has 6 nitrogen and oxygen atoms in total. The molecule has 1 aromatic heterocycles. The quantitative estimate of drug-likeness (QED) is 0.754. The van der Waals surface area contributed by atoms with Gasteiger partial charge >= 0.3 is 0 Å². The molecular formula is C11H19N5O. The summed E-state index contributed by atoms with van der Waals surface area (Å²) < 4.78 is 1.80. The Morgan fingerprint density at radius 3 is 2.94 bits per heavy atom. The molecule has 17 heavy (non-hydrogen) atoms. The summed E-state index contributed by atoms with van der Waals surface area (Å²) >= 11 is 0. The second-order valence-corrected chi connectivity index (χ2v) is 4.50. The maximum atomic E-state index is 11.6. The fourth-order valence-corrected chi connectivity index (χ4v) is 2.07. The summed E-state index contributed by atoms with van der Waals surface area (Å²) in [5.41, 5.74) is 0. The van der Waals surface area contributed by atoms with Crippen LogP contribution in [0, 0.1) is 0 Å². The highest BCUT2D eigenvalue weighted by atomic mass is 16.1. The van der Waals surface area contributed by atoms with Crippen molar-refractivity contribution in [1.29, 1.82) is 0 Å². The van der Waals surface area contributed by atoms with Crippen LogP contribution in [0.5, 0.6) is 0 Å². The first-order valence-electron chi connectivity index (χ1n) is 6.08. The van der Waals surface area contributed by atoms with Gasteiger partial charge in [-0.25, -0.2) is 0 Å². The minimum atomic E-state index is 0.0138. The summed E-state index contributed by atoms with van der Waals surface area (Å²) in [4.78, 5) is 11.6. The standard InChI is InChI=1S/C11H19N5O/c1-16-8-14-15-10(16)6-13-11(17)7-12-9-4-2-3-5-9/h8-9,12H,2-7H2,1H3,(H,13,17). The lowest BCUT2D eigenvalue weighted by Crippen LogP contribution is -2.38. The van der Waals surface area contributed by atoms with Gasteiger partial charge in [0.05, 0.1) is 13.1 Å². The number of aryl methyl sites for hydroxylation is 1. The van der Waals surface area contributed by atoms with E-state index in [2.05, 4.69) is 20.8 Å². The molecule has 1 aliphatic rings. The molecule has 1 amide bonds. The molecule has 0 radical (unpaired) electrons. The molecule has 0 unspecified atom stereocenters. The van der Waals surface area contributed by atoms with Crippen LogP contribution in [0.4, 0.5) is 0 Å². The van der Waals surface area contributed by atoms with E-state index in [9.17, 15) is 4.79 Å². The third-order valence-electron chi connectivity index (χ3n) is 3.16. The largest absolute Gasteiger partial charge is 0.348 e. The van der Waals surface area contributed by atoms with Gasteiger partial charge in [0.15, 0.2) is 5.82 Å². The van der Waals surface area contributed by atoms with Crippen molar-refractivity contribution in [3.8, 4) is 0 Å². The van der Waals surface area contributed by atoms with E-state index in [1.165, 1.54) is 25.7 Å². The molecule has 94 valence electrons. The maximum Gasteiger partial charge on any atom is 0.234 e. The Bertz CT molecular complexity index is 370. The van der Waals surface area contributed by atoms with Crippen LogP contribution in [-0.2, 0) is 18.4 Å². The van der Waals surface area contributed by atoms with E-state index >= 15 is 0 Å². The topological polar surface area (TPSA) is 71.8 Å². The number of hydrogen-bond donors (Lipinski definition) is 2. The van der Waals surface area contributed by atoms with Gasteiger partial charge < -0.3 is 15.2 Å². The number of rotatable bonds is 5. The van der Waals surface area contributed by atoms with Crippen LogP contribution in [0.25, 0.3) is 0 Å². The van der Waals surface area contributed by atoms with Crippen LogP contribution in [0.3, 0.4) is 0 Å². The number of carbonyl (C=O) groups is 1. The Morgan fingerprint density at radius 1 is 1.53 bits per heavy atom. The first-order valence-corrected chi connectivity index (χ1v) is 6.08. The Labute approximate surface area is 101 Å². The van der Waals surface area contributed by atoms with E-state index in [0.717, 1.165) is 5.82 Å². The normalized spacial score (nSPS) is 16.3. The molecule has 0 spiro atoms. The van der Waals surface area contributed by atoms with Gasteiger partial charge in [-0.05, 0) is 12.8 Å². The minimum absolute atomic E-state index is 0.0138. The third-order valence-corrected chi connectivity index (χ3v) is 3.16. The van der Waals surface area contributed by atoms with Gasteiger partial charge in [0, 0.05) is 13.1 Å². The van der Waals surface area contributed by atoms with Gasteiger partial charge in [-0.3, -0.25) is 4.79 Å². The summed E-state index contributed by atoms with van der Waals surface area (Å²) in [6, 6.07) is 0.524. The van der Waals surface area contributed by atoms with Gasteiger partial charge in [0.1, 0.15) is 6.33 Å². The smallest absolute Gasteiger partial charge is 0.234 e. The van der Waals surface area contributed by atoms with Crippen LogP contribution in [-0.4, -0.2) is 33.3 Å². The van der Waals surface area contributed by atoms with Crippen LogP contribution in [0.15, 0.2) is 6.33 Å². The number of hydrogen-bond acceptors (Lipinski definition) is 4. The van der Waals surface area contributed by atoms with Crippen LogP contribution >= 0.6 is 0 Å². The van der Waals surface area contributed by atoms with Crippen molar-refractivity contribution in [2.75, 3.05) is 6.54 Å². The molecule has 1 aromatic rings. The lowest BCUT2D eigenvalue weighted by molar-refractivity contribution is -0.120. The van der Waals surface area contributed by atoms with Gasteiger partial charge in [-0.2, -0.15) is 0 Å². The predicted octanol–water partition coefficient (Wildman–Crippen LogP) is -0.0365. The number of nitrogens with zero attached hydrogens (tertiary/aromatic N) is 3. The van der Waals surface area contributed by atoms with Crippen molar-refractivity contribution in [2.45, 2.75) is 38.3 Å². The lowest BCUT2D eigenvalue weighted by atomic mass is 10.2. The van der Waals surface area contributed by atoms with E-state index in [0.29, 0.717) is 19.1 Å². The first kappa shape index (κ1) is 12.0. The van der Waals surface area contributed by atoms with Crippen LogP contribution < -0.4 is 10.6 Å². The molecule has 2 N–H and O–H groups in total. The fourth-order valence-electron chi connectivity index (χ4n) is 2.07. The summed E-state index contributed by atoms with van der Waals surface area (Å²) in [6.45, 7) is 0.824. The van der Waals surface area contributed by atoms with E-state index < -0.39 is 0 Å². The molecule has 1 aliphatic carbocycles. The number of carbonyl (C=O) groups excluding carboxylic acids is 1. The second kappa shape index (κ2) is 5.77. The van der Waals surface area contributed by atoms with E-state index in [-0.39, 0.29) is 5.91 Å². The Kier molecular flexibility index (Phi) is 4.08. The maximum absolute atomic E-state index is 11.6. The zero-order valence-corrected chi connectivity index (χ0v) is 10.1. The first-order chi connectivity index (χ1) is 8.25. The third kappa shape index (κ3) is 3.52. The highest BCUT2D eigenvalue weighted by molar-refractivity contribution is 5.77. The summed E-state index contributed by atoms with van der Waals surface area (Å²) in [5, 5.41) is 13.8. The molecule has 1 saturated carbocycles. The molecule has 6 heteroatoms. The SMILES string of the molecule is Cn1cnnc1CNC(=O)CNC1CCCC1. The summed E-state index contributed by atoms with van der Waals surface area (Å²) in [7, 11) is 1.86. The molecule has 0 atom stereocenters. The van der Waals surface area contributed by atoms with Gasteiger partial charge in [-0.1, -0.05) is 12.8 Å². The Morgan fingerprint density at radius 2 is 2.29 bits per heavy atom. The van der Waals surface area contributed by atoms with Gasteiger partial charge in [0.2, 0.25) is 5.91 Å².